The molecule has 1 fully saturated rings. The molecule has 0 saturated heterocycles. The number of fused-ring (bicyclic) bond motifs is 1. The van der Waals surface area contributed by atoms with Gasteiger partial charge in [0.15, 0.2) is 0 Å². The van der Waals surface area contributed by atoms with E-state index < -0.39 is 0 Å². The zero-order valence-corrected chi connectivity index (χ0v) is 17.6. The first-order valence-electron chi connectivity index (χ1n) is 11.5. The molecule has 28 heavy (non-hydrogen) atoms. The molecule has 0 radical (unpaired) electrons. The minimum absolute atomic E-state index is 0.224. The second-order valence-electron chi connectivity index (χ2n) is 8.31. The Bertz CT molecular complexity index is 733. The minimum Gasteiger partial charge on any atom is -0.355 e. The third kappa shape index (κ3) is 6.35. The third-order valence-electron chi connectivity index (χ3n) is 5.81. The van der Waals surface area contributed by atoms with E-state index in [4.69, 9.17) is 4.98 Å². The Kier molecular flexibility index (Phi) is 8.38. The molecule has 4 heteroatoms. The zero-order chi connectivity index (χ0) is 19.6. The van der Waals surface area contributed by atoms with E-state index >= 15 is 0 Å². The topological polar surface area (TPSA) is 46.9 Å². The summed E-state index contributed by atoms with van der Waals surface area (Å²) in [6, 6.07) is 8.41. The van der Waals surface area contributed by atoms with Gasteiger partial charge in [0.05, 0.1) is 11.0 Å². The third-order valence-corrected chi connectivity index (χ3v) is 5.81. The van der Waals surface area contributed by atoms with E-state index in [2.05, 4.69) is 41.1 Å². The number of amides is 1. The van der Waals surface area contributed by atoms with Crippen molar-refractivity contribution in [3.05, 3.63) is 30.1 Å². The molecule has 1 saturated carbocycles. The Labute approximate surface area is 170 Å². The standard InChI is InChI=1S/C24H37N3O/c1-2-3-4-5-6-7-8-9-12-19-27-22-14-11-10-13-21(22)26-23(27)17-18-25-24(28)20-15-16-20/h10-11,13-14,20H,2-9,12,15-19H2,1H3,(H,25,28). The molecule has 1 heterocycles. The molecule has 0 unspecified atom stereocenters. The fourth-order valence-corrected chi connectivity index (χ4v) is 3.93. The molecule has 1 N–H and O–H groups in total. The van der Waals surface area contributed by atoms with E-state index in [1.165, 1.54) is 63.3 Å². The number of aromatic nitrogens is 2. The monoisotopic (exact) mass is 383 g/mol. The molecule has 0 bridgehead atoms. The number of benzene rings is 1. The summed E-state index contributed by atoms with van der Waals surface area (Å²) in [5.74, 6) is 1.61. The fourth-order valence-electron chi connectivity index (χ4n) is 3.93. The van der Waals surface area contributed by atoms with Gasteiger partial charge in [0.2, 0.25) is 5.91 Å². The van der Waals surface area contributed by atoms with Gasteiger partial charge in [-0.2, -0.15) is 0 Å². The SMILES string of the molecule is CCCCCCCCCCCn1c(CCNC(=O)C2CC2)nc2ccccc21. The van der Waals surface area contributed by atoms with Crippen LogP contribution in [0.2, 0.25) is 0 Å². The Morgan fingerprint density at radius 3 is 2.43 bits per heavy atom. The maximum atomic E-state index is 11.9. The highest BCUT2D eigenvalue weighted by atomic mass is 16.2. The molecular weight excluding hydrogens is 346 g/mol. The molecule has 1 aromatic heterocycles. The summed E-state index contributed by atoms with van der Waals surface area (Å²) in [7, 11) is 0. The van der Waals surface area contributed by atoms with E-state index in [0.29, 0.717) is 6.54 Å². The van der Waals surface area contributed by atoms with Gasteiger partial charge >= 0.3 is 0 Å². The number of nitrogens with zero attached hydrogens (tertiary/aromatic N) is 2. The molecule has 154 valence electrons. The van der Waals surface area contributed by atoms with Gasteiger partial charge in [-0.3, -0.25) is 4.79 Å². The number of hydrogen-bond donors (Lipinski definition) is 1. The van der Waals surface area contributed by atoms with Gasteiger partial charge in [-0.1, -0.05) is 70.4 Å². The number of hydrogen-bond acceptors (Lipinski definition) is 2. The van der Waals surface area contributed by atoms with Crippen molar-refractivity contribution >= 4 is 16.9 Å². The second-order valence-corrected chi connectivity index (χ2v) is 8.31. The first kappa shape index (κ1) is 20.9. The van der Waals surface area contributed by atoms with Crippen molar-refractivity contribution in [1.29, 1.82) is 0 Å². The summed E-state index contributed by atoms with van der Waals surface area (Å²) >= 11 is 0. The predicted octanol–water partition coefficient (Wildman–Crippen LogP) is 5.64. The molecule has 4 nitrogen and oxygen atoms in total. The highest BCUT2D eigenvalue weighted by Gasteiger charge is 2.29. The Balaban J connectivity index is 1.44. The van der Waals surface area contributed by atoms with Crippen LogP contribution in [0.15, 0.2) is 24.3 Å². The maximum absolute atomic E-state index is 11.9. The second kappa shape index (κ2) is 11.2. The highest BCUT2D eigenvalue weighted by Crippen LogP contribution is 2.28. The number of nitrogens with one attached hydrogen (secondary N) is 1. The molecule has 2 aromatic rings. The van der Waals surface area contributed by atoms with Crippen molar-refractivity contribution in [2.75, 3.05) is 6.54 Å². The zero-order valence-electron chi connectivity index (χ0n) is 17.6. The van der Waals surface area contributed by atoms with Gasteiger partial charge in [0, 0.05) is 25.4 Å². The molecule has 1 amide bonds. The van der Waals surface area contributed by atoms with Crippen LogP contribution in [0.3, 0.4) is 0 Å². The lowest BCUT2D eigenvalue weighted by Gasteiger charge is -2.10. The summed E-state index contributed by atoms with van der Waals surface area (Å²) in [4.78, 5) is 16.7. The minimum atomic E-state index is 0.224. The van der Waals surface area contributed by atoms with Crippen LogP contribution in [0, 0.1) is 5.92 Å². The quantitative estimate of drug-likeness (QED) is 0.429. The molecule has 3 rings (SSSR count). The molecular formula is C24H37N3O. The summed E-state index contributed by atoms with van der Waals surface area (Å²) < 4.78 is 2.37. The number of rotatable bonds is 14. The van der Waals surface area contributed by atoms with Crippen LogP contribution in [0.5, 0.6) is 0 Å². The van der Waals surface area contributed by atoms with Crippen LogP contribution in [-0.2, 0) is 17.8 Å². The Morgan fingerprint density at radius 1 is 1.04 bits per heavy atom. The van der Waals surface area contributed by atoms with Crippen LogP contribution in [0.1, 0.15) is 83.4 Å². The first-order chi connectivity index (χ1) is 13.8. The van der Waals surface area contributed by atoms with Gasteiger partial charge in [-0.25, -0.2) is 4.98 Å². The van der Waals surface area contributed by atoms with Crippen molar-refractivity contribution in [3.63, 3.8) is 0 Å². The van der Waals surface area contributed by atoms with Crippen LogP contribution >= 0.6 is 0 Å². The smallest absolute Gasteiger partial charge is 0.223 e. The first-order valence-corrected chi connectivity index (χ1v) is 11.5. The van der Waals surface area contributed by atoms with E-state index in [0.717, 1.165) is 37.1 Å². The average molecular weight is 384 g/mol. The molecule has 1 aliphatic carbocycles. The summed E-state index contributed by atoms with van der Waals surface area (Å²) in [5, 5.41) is 3.08. The molecule has 1 aromatic carbocycles. The molecule has 0 atom stereocenters. The number of carbonyl (C=O) groups is 1. The molecule has 0 aliphatic heterocycles. The van der Waals surface area contributed by atoms with Crippen molar-refractivity contribution in [2.24, 2.45) is 5.92 Å². The number of aryl methyl sites for hydroxylation is 1. The largest absolute Gasteiger partial charge is 0.355 e. The van der Waals surface area contributed by atoms with Gasteiger partial charge < -0.3 is 9.88 Å². The highest BCUT2D eigenvalue weighted by molar-refractivity contribution is 5.80. The number of imidazole rings is 1. The van der Waals surface area contributed by atoms with Crippen molar-refractivity contribution < 1.29 is 4.79 Å². The predicted molar refractivity (Wildman–Crippen MR) is 116 cm³/mol. The number of unbranched alkanes of at least 4 members (excludes halogenated alkanes) is 8. The van der Waals surface area contributed by atoms with Crippen molar-refractivity contribution in [1.82, 2.24) is 14.9 Å². The summed E-state index contributed by atoms with van der Waals surface area (Å²) in [6.07, 6.45) is 15.0. The van der Waals surface area contributed by atoms with E-state index in [9.17, 15) is 4.79 Å². The van der Waals surface area contributed by atoms with Crippen LogP contribution in [0.25, 0.3) is 11.0 Å². The van der Waals surface area contributed by atoms with Gasteiger partial charge in [-0.15, -0.1) is 0 Å². The molecule has 0 spiro atoms. The van der Waals surface area contributed by atoms with Gasteiger partial charge in [0.1, 0.15) is 5.82 Å². The van der Waals surface area contributed by atoms with Crippen LogP contribution < -0.4 is 5.32 Å². The fraction of sp³-hybridized carbons (Fsp3) is 0.667. The lowest BCUT2D eigenvalue weighted by molar-refractivity contribution is -0.122. The van der Waals surface area contributed by atoms with Crippen LogP contribution in [0.4, 0.5) is 0 Å². The average Bonchev–Trinajstić information content (AvgIpc) is 3.50. The van der Waals surface area contributed by atoms with E-state index in [-0.39, 0.29) is 11.8 Å². The van der Waals surface area contributed by atoms with E-state index in [1.54, 1.807) is 0 Å². The number of carbonyl (C=O) groups excluding carboxylic acids is 1. The lowest BCUT2D eigenvalue weighted by atomic mass is 10.1. The van der Waals surface area contributed by atoms with Gasteiger partial charge in [-0.05, 0) is 31.4 Å². The maximum Gasteiger partial charge on any atom is 0.223 e. The van der Waals surface area contributed by atoms with Crippen LogP contribution in [-0.4, -0.2) is 22.0 Å². The van der Waals surface area contributed by atoms with Gasteiger partial charge in [0.25, 0.3) is 0 Å². The lowest BCUT2D eigenvalue weighted by Crippen LogP contribution is -2.27. The van der Waals surface area contributed by atoms with Crippen molar-refractivity contribution in [2.45, 2.75) is 90.5 Å². The van der Waals surface area contributed by atoms with Crippen molar-refractivity contribution in [3.8, 4) is 0 Å². The molecule has 1 aliphatic rings. The Morgan fingerprint density at radius 2 is 1.71 bits per heavy atom. The Hall–Kier alpha value is -1.84. The summed E-state index contributed by atoms with van der Waals surface area (Å²) in [6.45, 7) is 3.99. The summed E-state index contributed by atoms with van der Waals surface area (Å²) in [5.41, 5.74) is 2.30. The number of para-hydroxylation sites is 2. The normalized spacial score (nSPS) is 13.9. The van der Waals surface area contributed by atoms with E-state index in [1.807, 2.05) is 0 Å².